The van der Waals surface area contributed by atoms with Gasteiger partial charge in [0.25, 0.3) is 0 Å². The summed E-state index contributed by atoms with van der Waals surface area (Å²) in [7, 11) is 1.65. The van der Waals surface area contributed by atoms with Crippen LogP contribution in [0.1, 0.15) is 43.7 Å². The molecule has 0 fully saturated rings. The Morgan fingerprint density at radius 1 is 1.08 bits per heavy atom. The van der Waals surface area contributed by atoms with Crippen LogP contribution >= 0.6 is 0 Å². The van der Waals surface area contributed by atoms with Crippen molar-refractivity contribution in [1.29, 1.82) is 0 Å². The summed E-state index contributed by atoms with van der Waals surface area (Å²) < 4.78 is 5.34. The molecular formula is C26H30N4O6. The topological polar surface area (TPSA) is 141 Å². The highest BCUT2D eigenvalue weighted by molar-refractivity contribution is 6.00. The Labute approximate surface area is 208 Å². The van der Waals surface area contributed by atoms with Crippen molar-refractivity contribution in [1.82, 2.24) is 10.3 Å². The molecule has 36 heavy (non-hydrogen) atoms. The van der Waals surface area contributed by atoms with Gasteiger partial charge in [0.05, 0.1) is 0 Å². The van der Waals surface area contributed by atoms with Crippen molar-refractivity contribution in [2.45, 2.75) is 45.8 Å². The van der Waals surface area contributed by atoms with Crippen LogP contribution in [0.15, 0.2) is 48.5 Å². The van der Waals surface area contributed by atoms with Gasteiger partial charge in [0.15, 0.2) is 0 Å². The predicted molar refractivity (Wildman–Crippen MR) is 136 cm³/mol. The molecule has 10 heteroatoms. The Balaban J connectivity index is 1.84. The highest BCUT2D eigenvalue weighted by Crippen LogP contribution is 2.21. The van der Waals surface area contributed by atoms with Crippen LogP contribution in [0.3, 0.4) is 0 Å². The van der Waals surface area contributed by atoms with Crippen LogP contribution in [0.5, 0.6) is 0 Å². The van der Waals surface area contributed by atoms with Crippen molar-refractivity contribution in [2.75, 3.05) is 17.3 Å². The van der Waals surface area contributed by atoms with E-state index in [9.17, 15) is 24.3 Å². The first-order valence-corrected chi connectivity index (χ1v) is 11.3. The second kappa shape index (κ2) is 10.5. The number of amides is 3. The van der Waals surface area contributed by atoms with Gasteiger partial charge >= 0.3 is 12.1 Å². The zero-order chi connectivity index (χ0) is 26.6. The lowest BCUT2D eigenvalue weighted by Crippen LogP contribution is -2.47. The van der Waals surface area contributed by atoms with E-state index in [-0.39, 0.29) is 18.0 Å². The third-order valence-electron chi connectivity index (χ3n) is 5.34. The number of aromatic carboxylic acids is 1. The second-order valence-corrected chi connectivity index (χ2v) is 9.43. The van der Waals surface area contributed by atoms with Crippen LogP contribution in [0, 0.1) is 0 Å². The molecule has 0 saturated heterocycles. The van der Waals surface area contributed by atoms with Gasteiger partial charge in [0.1, 0.15) is 17.3 Å². The number of alkyl carbamates (subject to hydrolysis) is 1. The summed E-state index contributed by atoms with van der Waals surface area (Å²) in [6.07, 6.45) is -0.605. The van der Waals surface area contributed by atoms with E-state index in [1.54, 1.807) is 70.3 Å². The van der Waals surface area contributed by atoms with Crippen LogP contribution in [-0.4, -0.2) is 52.7 Å². The second-order valence-electron chi connectivity index (χ2n) is 9.43. The number of carbonyl (C=O) groups is 4. The van der Waals surface area contributed by atoms with E-state index < -0.39 is 29.6 Å². The summed E-state index contributed by atoms with van der Waals surface area (Å²) in [5.74, 6) is -1.71. The van der Waals surface area contributed by atoms with Crippen LogP contribution in [0.2, 0.25) is 0 Å². The zero-order valence-corrected chi connectivity index (χ0v) is 20.8. The summed E-state index contributed by atoms with van der Waals surface area (Å²) in [6.45, 7) is 6.62. The van der Waals surface area contributed by atoms with Crippen molar-refractivity contribution in [2.24, 2.45) is 0 Å². The van der Waals surface area contributed by atoms with Gasteiger partial charge in [-0.1, -0.05) is 12.1 Å². The summed E-state index contributed by atoms with van der Waals surface area (Å²) in [6, 6.07) is 12.5. The zero-order valence-electron chi connectivity index (χ0n) is 20.8. The molecule has 0 bridgehead atoms. The monoisotopic (exact) mass is 494 g/mol. The molecule has 0 aliphatic rings. The lowest BCUT2D eigenvalue weighted by molar-refractivity contribution is -0.118. The summed E-state index contributed by atoms with van der Waals surface area (Å²) in [4.78, 5) is 53.0. The molecule has 190 valence electrons. The molecule has 0 radical (unpaired) electrons. The molecule has 1 heterocycles. The largest absolute Gasteiger partial charge is 0.477 e. The molecule has 0 saturated carbocycles. The average molecular weight is 495 g/mol. The number of carboxylic acids is 1. The number of carboxylic acid groups (broad SMARTS) is 1. The molecule has 1 unspecified atom stereocenters. The summed E-state index contributed by atoms with van der Waals surface area (Å²) >= 11 is 0. The van der Waals surface area contributed by atoms with Gasteiger partial charge in [-0.05, 0) is 62.7 Å². The number of aromatic nitrogens is 1. The van der Waals surface area contributed by atoms with E-state index in [4.69, 9.17) is 4.74 Å². The van der Waals surface area contributed by atoms with Gasteiger partial charge in [-0.2, -0.15) is 0 Å². The summed E-state index contributed by atoms with van der Waals surface area (Å²) in [5, 5.41) is 15.2. The van der Waals surface area contributed by atoms with Crippen molar-refractivity contribution < 1.29 is 29.0 Å². The van der Waals surface area contributed by atoms with Crippen molar-refractivity contribution in [3.05, 3.63) is 59.8 Å². The SMILES string of the molecule is CC(=O)N(C)c1cccc(CC(NC(=O)OC(C)(C)C)C(=O)Nc2ccc3[nH]c(C(=O)O)cc3c2)c1. The standard InChI is InChI=1S/C26H30N4O6/c1-15(31)30(5)19-8-6-7-16(11-19)12-21(29-25(35)36-26(2,3)4)23(32)27-18-9-10-20-17(13-18)14-22(28-20)24(33)34/h6-11,13-14,21,28H,12H2,1-5H3,(H,27,32)(H,29,35)(H,33,34). The van der Waals surface area contributed by atoms with E-state index in [0.717, 1.165) is 5.56 Å². The summed E-state index contributed by atoms with van der Waals surface area (Å²) in [5.41, 5.74) is 1.71. The number of aromatic amines is 1. The van der Waals surface area contributed by atoms with E-state index in [2.05, 4.69) is 15.6 Å². The number of anilines is 2. The molecular weight excluding hydrogens is 464 g/mol. The van der Waals surface area contributed by atoms with Crippen molar-refractivity contribution in [3.8, 4) is 0 Å². The minimum Gasteiger partial charge on any atom is -0.477 e. The molecule has 1 atom stereocenters. The molecule has 0 aliphatic heterocycles. The van der Waals surface area contributed by atoms with Crippen LogP contribution in [-0.2, 0) is 20.7 Å². The van der Waals surface area contributed by atoms with E-state index in [1.165, 1.54) is 17.9 Å². The first kappa shape index (κ1) is 26.3. The van der Waals surface area contributed by atoms with E-state index in [1.807, 2.05) is 0 Å². The molecule has 3 aromatic rings. The maximum absolute atomic E-state index is 13.2. The molecule has 2 aromatic carbocycles. The van der Waals surface area contributed by atoms with Crippen LogP contribution in [0.4, 0.5) is 16.2 Å². The Hall–Kier alpha value is -4.34. The predicted octanol–water partition coefficient (Wildman–Crippen LogP) is 3.92. The van der Waals surface area contributed by atoms with Crippen molar-refractivity contribution in [3.63, 3.8) is 0 Å². The smallest absolute Gasteiger partial charge is 0.408 e. The van der Waals surface area contributed by atoms with Gasteiger partial charge < -0.3 is 30.4 Å². The molecule has 10 nitrogen and oxygen atoms in total. The molecule has 3 rings (SSSR count). The molecule has 0 aliphatic carbocycles. The molecule has 0 spiro atoms. The highest BCUT2D eigenvalue weighted by atomic mass is 16.6. The average Bonchev–Trinajstić information content (AvgIpc) is 3.21. The highest BCUT2D eigenvalue weighted by Gasteiger charge is 2.25. The number of carbonyl (C=O) groups excluding carboxylic acids is 3. The van der Waals surface area contributed by atoms with Crippen LogP contribution in [0.25, 0.3) is 10.9 Å². The number of hydrogen-bond donors (Lipinski definition) is 4. The van der Waals surface area contributed by atoms with Gasteiger partial charge in [-0.3, -0.25) is 9.59 Å². The number of nitrogens with zero attached hydrogens (tertiary/aromatic N) is 1. The maximum Gasteiger partial charge on any atom is 0.408 e. The van der Waals surface area contributed by atoms with Gasteiger partial charge in [0, 0.05) is 42.7 Å². The molecule has 4 N–H and O–H groups in total. The van der Waals surface area contributed by atoms with Gasteiger partial charge in [-0.15, -0.1) is 0 Å². The van der Waals surface area contributed by atoms with Gasteiger partial charge in [-0.25, -0.2) is 9.59 Å². The van der Waals surface area contributed by atoms with Crippen molar-refractivity contribution >= 4 is 46.2 Å². The Morgan fingerprint density at radius 2 is 1.81 bits per heavy atom. The lowest BCUT2D eigenvalue weighted by Gasteiger charge is -2.24. The number of benzene rings is 2. The van der Waals surface area contributed by atoms with E-state index in [0.29, 0.717) is 22.3 Å². The number of H-pyrrole nitrogens is 1. The van der Waals surface area contributed by atoms with Gasteiger partial charge in [0.2, 0.25) is 11.8 Å². The first-order chi connectivity index (χ1) is 16.8. The molecule has 3 amide bonds. The first-order valence-electron chi connectivity index (χ1n) is 11.3. The molecule has 1 aromatic heterocycles. The third kappa shape index (κ3) is 6.84. The Kier molecular flexibility index (Phi) is 7.67. The normalized spacial score (nSPS) is 12.0. The number of ether oxygens (including phenoxy) is 1. The minimum absolute atomic E-state index is 0.0355. The minimum atomic E-state index is -1.09. The quantitative estimate of drug-likeness (QED) is 0.392. The fraction of sp³-hybridized carbons (Fsp3) is 0.308. The number of fused-ring (bicyclic) bond motifs is 1. The van der Waals surface area contributed by atoms with Crippen LogP contribution < -0.4 is 15.5 Å². The maximum atomic E-state index is 13.2. The fourth-order valence-corrected chi connectivity index (χ4v) is 3.52. The fourth-order valence-electron chi connectivity index (χ4n) is 3.52. The van der Waals surface area contributed by atoms with E-state index >= 15 is 0 Å². The number of hydrogen-bond acceptors (Lipinski definition) is 5. The Bertz CT molecular complexity index is 1310. The Morgan fingerprint density at radius 3 is 2.44 bits per heavy atom. The third-order valence-corrected chi connectivity index (χ3v) is 5.34. The lowest BCUT2D eigenvalue weighted by atomic mass is 10.0. The number of rotatable bonds is 7. The number of nitrogens with one attached hydrogen (secondary N) is 3.